The molecule has 0 saturated heterocycles. The monoisotopic (exact) mass is 180 g/mol. The van der Waals surface area contributed by atoms with Crippen LogP contribution in [-0.4, -0.2) is 21.1 Å². The van der Waals surface area contributed by atoms with Crippen LogP contribution in [0.2, 0.25) is 0 Å². The largest absolute Gasteiger partial charge is 0.364 e. The first-order valence-corrected chi connectivity index (χ1v) is 3.49. The first-order chi connectivity index (χ1) is 6.18. The van der Waals surface area contributed by atoms with E-state index < -0.39 is 11.9 Å². The molecular formula is C7H5FN4O. The Labute approximate surface area is 71.8 Å². The maximum absolute atomic E-state index is 12.6. The molecule has 0 radical (unpaired) electrons. The van der Waals surface area contributed by atoms with Crippen LogP contribution in [-0.2, 0) is 0 Å². The molecule has 0 aliphatic carbocycles. The third kappa shape index (κ3) is 1.12. The van der Waals surface area contributed by atoms with Gasteiger partial charge in [-0.2, -0.15) is 14.5 Å². The summed E-state index contributed by atoms with van der Waals surface area (Å²) in [6.45, 7) is 0. The minimum atomic E-state index is -0.643. The second kappa shape index (κ2) is 2.51. The van der Waals surface area contributed by atoms with Gasteiger partial charge in [0.25, 0.3) is 5.91 Å². The predicted molar refractivity (Wildman–Crippen MR) is 42.4 cm³/mol. The van der Waals surface area contributed by atoms with Crippen molar-refractivity contribution in [1.29, 1.82) is 0 Å². The molecule has 0 spiro atoms. The molecule has 0 atom stereocenters. The molecule has 0 bridgehead atoms. The van der Waals surface area contributed by atoms with Gasteiger partial charge in [-0.1, -0.05) is 0 Å². The lowest BCUT2D eigenvalue weighted by Crippen LogP contribution is -2.11. The van der Waals surface area contributed by atoms with E-state index in [0.29, 0.717) is 5.39 Å². The molecule has 0 aliphatic heterocycles. The van der Waals surface area contributed by atoms with Gasteiger partial charge >= 0.3 is 0 Å². The third-order valence-electron chi connectivity index (χ3n) is 1.63. The highest BCUT2D eigenvalue weighted by Gasteiger charge is 2.10. The van der Waals surface area contributed by atoms with Crippen molar-refractivity contribution >= 4 is 16.9 Å². The zero-order valence-electron chi connectivity index (χ0n) is 6.41. The van der Waals surface area contributed by atoms with Crippen LogP contribution in [0.25, 0.3) is 11.0 Å². The molecule has 66 valence electrons. The number of rotatable bonds is 1. The lowest BCUT2D eigenvalue weighted by atomic mass is 10.2. The van der Waals surface area contributed by atoms with E-state index in [1.807, 2.05) is 0 Å². The van der Waals surface area contributed by atoms with Gasteiger partial charge in [-0.25, -0.2) is 0 Å². The van der Waals surface area contributed by atoms with E-state index in [1.54, 1.807) is 0 Å². The van der Waals surface area contributed by atoms with E-state index in [4.69, 9.17) is 5.73 Å². The van der Waals surface area contributed by atoms with Crippen LogP contribution in [0, 0.1) is 5.95 Å². The summed E-state index contributed by atoms with van der Waals surface area (Å²) < 4.78 is 12.6. The van der Waals surface area contributed by atoms with E-state index in [9.17, 15) is 9.18 Å². The molecule has 2 rings (SSSR count). The average molecular weight is 180 g/mol. The van der Waals surface area contributed by atoms with E-state index in [2.05, 4.69) is 15.2 Å². The number of aromatic nitrogens is 3. The smallest absolute Gasteiger partial charge is 0.267 e. The molecule has 2 heterocycles. The molecule has 0 aliphatic rings. The van der Waals surface area contributed by atoms with Crippen molar-refractivity contribution in [2.45, 2.75) is 0 Å². The Morgan fingerprint density at radius 2 is 2.31 bits per heavy atom. The van der Waals surface area contributed by atoms with Gasteiger partial charge in [0.2, 0.25) is 5.95 Å². The zero-order chi connectivity index (χ0) is 9.42. The molecule has 5 nitrogen and oxygen atoms in total. The summed E-state index contributed by atoms with van der Waals surface area (Å²) in [5.74, 6) is -1.29. The van der Waals surface area contributed by atoms with Crippen LogP contribution in [0.1, 0.15) is 10.5 Å². The van der Waals surface area contributed by atoms with Crippen LogP contribution in [0.3, 0.4) is 0 Å². The molecule has 0 fully saturated rings. The van der Waals surface area contributed by atoms with Gasteiger partial charge in [-0.05, 0) is 12.1 Å². The highest BCUT2D eigenvalue weighted by molar-refractivity contribution is 6.02. The Morgan fingerprint density at radius 3 is 3.00 bits per heavy atom. The van der Waals surface area contributed by atoms with Crippen molar-refractivity contribution in [2.75, 3.05) is 0 Å². The highest BCUT2D eigenvalue weighted by Crippen LogP contribution is 2.12. The second-order valence-corrected chi connectivity index (χ2v) is 2.47. The fourth-order valence-corrected chi connectivity index (χ4v) is 1.06. The molecule has 0 unspecified atom stereocenters. The number of amides is 1. The number of nitrogens with two attached hydrogens (primary N) is 1. The molecule has 2 aromatic heterocycles. The standard InChI is InChI=1S/C7H5FN4O/c8-4-2-1-3-5(6(9)13)11-12-7(3)10-4/h1-2H,(H2,9,13)(H,10,11,12). The second-order valence-electron chi connectivity index (χ2n) is 2.47. The topological polar surface area (TPSA) is 84.7 Å². The highest BCUT2D eigenvalue weighted by atomic mass is 19.1. The van der Waals surface area contributed by atoms with Crippen molar-refractivity contribution in [3.8, 4) is 0 Å². The number of H-pyrrole nitrogens is 1. The minimum Gasteiger partial charge on any atom is -0.364 e. The fraction of sp³-hybridized carbons (Fsp3) is 0. The van der Waals surface area contributed by atoms with Gasteiger partial charge in [0.15, 0.2) is 5.65 Å². The summed E-state index contributed by atoms with van der Waals surface area (Å²) in [6.07, 6.45) is 0. The van der Waals surface area contributed by atoms with Crippen LogP contribution in [0.4, 0.5) is 4.39 Å². The fourth-order valence-electron chi connectivity index (χ4n) is 1.06. The first kappa shape index (κ1) is 7.66. The number of halogens is 1. The summed E-state index contributed by atoms with van der Waals surface area (Å²) in [7, 11) is 0. The number of hydrogen-bond donors (Lipinski definition) is 2. The summed E-state index contributed by atoms with van der Waals surface area (Å²) >= 11 is 0. The normalized spacial score (nSPS) is 10.5. The molecule has 2 aromatic rings. The minimum absolute atomic E-state index is 0.141. The average Bonchev–Trinajstić information content (AvgIpc) is 2.46. The molecule has 0 aromatic carbocycles. The maximum Gasteiger partial charge on any atom is 0.267 e. The van der Waals surface area contributed by atoms with Crippen molar-refractivity contribution in [2.24, 2.45) is 5.73 Å². The van der Waals surface area contributed by atoms with Gasteiger partial charge in [-0.15, -0.1) is 0 Å². The summed E-state index contributed by atoms with van der Waals surface area (Å²) in [5, 5.41) is 6.44. The summed E-state index contributed by atoms with van der Waals surface area (Å²) in [6, 6.07) is 2.55. The van der Waals surface area contributed by atoms with E-state index in [1.165, 1.54) is 6.07 Å². The van der Waals surface area contributed by atoms with E-state index in [0.717, 1.165) is 6.07 Å². The Balaban J connectivity index is 2.76. The molecule has 3 N–H and O–H groups in total. The number of nitrogens with one attached hydrogen (secondary N) is 1. The van der Waals surface area contributed by atoms with Gasteiger partial charge < -0.3 is 5.73 Å². The first-order valence-electron chi connectivity index (χ1n) is 3.49. The van der Waals surface area contributed by atoms with Crippen molar-refractivity contribution in [3.63, 3.8) is 0 Å². The SMILES string of the molecule is NC(=O)c1[nH]nc2nc(F)ccc12. The number of nitrogens with zero attached hydrogens (tertiary/aromatic N) is 2. The van der Waals surface area contributed by atoms with Gasteiger partial charge in [0, 0.05) is 0 Å². The van der Waals surface area contributed by atoms with Crippen LogP contribution >= 0.6 is 0 Å². The number of carbonyl (C=O) groups excluding carboxylic acids is 1. The molecule has 6 heteroatoms. The number of carbonyl (C=O) groups is 1. The number of aromatic amines is 1. The van der Waals surface area contributed by atoms with E-state index >= 15 is 0 Å². The Kier molecular flexibility index (Phi) is 1.48. The number of pyridine rings is 1. The molecule has 0 saturated carbocycles. The van der Waals surface area contributed by atoms with Crippen LogP contribution < -0.4 is 5.73 Å². The summed E-state index contributed by atoms with van der Waals surface area (Å²) in [4.78, 5) is 14.3. The van der Waals surface area contributed by atoms with Gasteiger partial charge in [0.1, 0.15) is 5.69 Å². The predicted octanol–water partition coefficient (Wildman–Crippen LogP) is 0.196. The molecular weight excluding hydrogens is 175 g/mol. The molecule has 13 heavy (non-hydrogen) atoms. The van der Waals surface area contributed by atoms with Crippen LogP contribution in [0.5, 0.6) is 0 Å². The molecule has 1 amide bonds. The quantitative estimate of drug-likeness (QED) is 0.614. The summed E-state index contributed by atoms with van der Waals surface area (Å²) in [5.41, 5.74) is 5.32. The van der Waals surface area contributed by atoms with Gasteiger partial charge in [-0.3, -0.25) is 9.89 Å². The van der Waals surface area contributed by atoms with Crippen molar-refractivity contribution in [1.82, 2.24) is 15.2 Å². The van der Waals surface area contributed by atoms with Crippen molar-refractivity contribution in [3.05, 3.63) is 23.8 Å². The van der Waals surface area contributed by atoms with Gasteiger partial charge in [0.05, 0.1) is 5.39 Å². The number of fused-ring (bicyclic) bond motifs is 1. The lowest BCUT2D eigenvalue weighted by molar-refractivity contribution is 0.0997. The van der Waals surface area contributed by atoms with Crippen molar-refractivity contribution < 1.29 is 9.18 Å². The third-order valence-corrected chi connectivity index (χ3v) is 1.63. The lowest BCUT2D eigenvalue weighted by Gasteiger charge is -1.89. The number of primary amides is 1. The Morgan fingerprint density at radius 1 is 1.54 bits per heavy atom. The van der Waals surface area contributed by atoms with E-state index in [-0.39, 0.29) is 11.3 Å². The zero-order valence-corrected chi connectivity index (χ0v) is 6.41. The number of hydrogen-bond acceptors (Lipinski definition) is 3. The Hall–Kier alpha value is -1.98. The van der Waals surface area contributed by atoms with Crippen LogP contribution in [0.15, 0.2) is 12.1 Å². The Bertz CT molecular complexity index is 478. The maximum atomic E-state index is 12.6.